The molecule has 18 heavy (non-hydrogen) atoms. The number of rotatable bonds is 1. The Bertz CT molecular complexity index is 495. The number of allylic oxidation sites excluding steroid dienone is 1. The minimum atomic E-state index is -0.634. The molecular formula is C12H16N4OS. The van der Waals surface area contributed by atoms with Crippen LogP contribution in [-0.4, -0.2) is 5.91 Å². The van der Waals surface area contributed by atoms with Gasteiger partial charge in [0.15, 0.2) is 0 Å². The van der Waals surface area contributed by atoms with Crippen LogP contribution >= 0.6 is 12.6 Å². The lowest BCUT2D eigenvalue weighted by Crippen LogP contribution is -2.43. The Kier molecular flexibility index (Phi) is 3.26. The van der Waals surface area contributed by atoms with Crippen LogP contribution in [0.1, 0.15) is 32.1 Å². The van der Waals surface area contributed by atoms with Gasteiger partial charge >= 0.3 is 0 Å². The zero-order valence-corrected chi connectivity index (χ0v) is 10.9. The van der Waals surface area contributed by atoms with E-state index < -0.39 is 11.3 Å². The van der Waals surface area contributed by atoms with Crippen molar-refractivity contribution in [2.45, 2.75) is 32.1 Å². The fourth-order valence-electron chi connectivity index (χ4n) is 3.04. The van der Waals surface area contributed by atoms with Crippen LogP contribution in [0.4, 0.5) is 0 Å². The lowest BCUT2D eigenvalue weighted by atomic mass is 9.63. The Balaban J connectivity index is 2.61. The molecule has 1 heterocycles. The Morgan fingerprint density at radius 2 is 2.00 bits per heavy atom. The predicted octanol–water partition coefficient (Wildman–Crippen LogP) is 0.861. The van der Waals surface area contributed by atoms with E-state index >= 15 is 0 Å². The summed E-state index contributed by atoms with van der Waals surface area (Å²) < 4.78 is 0. The molecule has 1 aliphatic heterocycles. The number of nitrogens with two attached hydrogens (primary N) is 2. The van der Waals surface area contributed by atoms with Gasteiger partial charge in [0, 0.05) is 5.41 Å². The molecule has 2 rings (SSSR count). The minimum absolute atomic E-state index is 0.286. The van der Waals surface area contributed by atoms with Gasteiger partial charge in [0.2, 0.25) is 5.91 Å². The second-order valence-corrected chi connectivity index (χ2v) is 5.20. The first-order chi connectivity index (χ1) is 8.53. The molecule has 1 aliphatic carbocycles. The van der Waals surface area contributed by atoms with E-state index in [1.807, 2.05) is 0 Å². The summed E-state index contributed by atoms with van der Waals surface area (Å²) in [6.45, 7) is 0. The molecule has 5 nitrogen and oxygen atoms in total. The van der Waals surface area contributed by atoms with E-state index in [0.717, 1.165) is 32.1 Å². The van der Waals surface area contributed by atoms with E-state index in [2.05, 4.69) is 24.0 Å². The summed E-state index contributed by atoms with van der Waals surface area (Å²) in [5, 5.41) is 12.5. The Morgan fingerprint density at radius 3 is 2.50 bits per heavy atom. The number of carbonyl (C=O) groups excluding carboxylic acids is 1. The molecule has 1 amide bonds. The third-order valence-corrected chi connectivity index (χ3v) is 4.12. The van der Waals surface area contributed by atoms with Gasteiger partial charge in [0.05, 0.1) is 22.2 Å². The first-order valence-corrected chi connectivity index (χ1v) is 6.38. The zero-order valence-electron chi connectivity index (χ0n) is 9.99. The maximum absolute atomic E-state index is 11.7. The molecule has 0 saturated heterocycles. The molecule has 0 aromatic carbocycles. The molecule has 96 valence electrons. The second-order valence-electron chi connectivity index (χ2n) is 4.76. The number of nitrogens with one attached hydrogen (secondary N) is 1. The molecule has 0 aromatic rings. The van der Waals surface area contributed by atoms with Crippen molar-refractivity contribution in [1.82, 2.24) is 5.32 Å². The summed E-state index contributed by atoms with van der Waals surface area (Å²) in [6.07, 6.45) is 4.45. The molecule has 0 aromatic heterocycles. The summed E-state index contributed by atoms with van der Waals surface area (Å²) in [5.41, 5.74) is 11.5. The number of amides is 1. The van der Waals surface area contributed by atoms with Gasteiger partial charge in [-0.25, -0.2) is 0 Å². The number of carbonyl (C=O) groups is 1. The van der Waals surface area contributed by atoms with Crippen molar-refractivity contribution >= 4 is 18.5 Å². The predicted molar refractivity (Wildman–Crippen MR) is 70.7 cm³/mol. The Morgan fingerprint density at radius 1 is 1.39 bits per heavy atom. The summed E-state index contributed by atoms with van der Waals surface area (Å²) in [5.74, 6) is -0.246. The number of nitrogens with zero attached hydrogens (tertiary/aromatic N) is 1. The molecule has 1 fully saturated rings. The van der Waals surface area contributed by atoms with Crippen LogP contribution in [-0.2, 0) is 4.79 Å². The van der Waals surface area contributed by atoms with E-state index in [-0.39, 0.29) is 5.82 Å². The van der Waals surface area contributed by atoms with Gasteiger partial charge in [-0.1, -0.05) is 19.3 Å². The van der Waals surface area contributed by atoms with Crippen LogP contribution in [0.15, 0.2) is 22.0 Å². The van der Waals surface area contributed by atoms with Crippen molar-refractivity contribution < 1.29 is 4.79 Å². The van der Waals surface area contributed by atoms with E-state index in [9.17, 15) is 10.1 Å². The highest BCUT2D eigenvalue weighted by Gasteiger charge is 2.46. The normalized spacial score (nSPS) is 22.7. The number of dihydropyridines is 1. The highest BCUT2D eigenvalue weighted by molar-refractivity contribution is 7.84. The van der Waals surface area contributed by atoms with Crippen LogP contribution in [0, 0.1) is 16.7 Å². The largest absolute Gasteiger partial charge is 0.384 e. The standard InChI is InChI=1S/C12H16N4OS/c13-6-7-9(14)16-11(18)8(10(15)17)12(7)4-2-1-3-5-12/h16,18H,1-5,14H2,(H2,15,17). The first-order valence-electron chi connectivity index (χ1n) is 5.94. The maximum Gasteiger partial charge on any atom is 0.248 e. The minimum Gasteiger partial charge on any atom is -0.384 e. The van der Waals surface area contributed by atoms with Gasteiger partial charge in [-0.2, -0.15) is 5.26 Å². The fraction of sp³-hybridized carbons (Fsp3) is 0.500. The monoisotopic (exact) mass is 264 g/mol. The van der Waals surface area contributed by atoms with Crippen molar-refractivity contribution in [3.05, 3.63) is 22.0 Å². The lowest BCUT2D eigenvalue weighted by Gasteiger charge is -2.41. The molecule has 1 saturated carbocycles. The van der Waals surface area contributed by atoms with E-state index in [0.29, 0.717) is 16.2 Å². The summed E-state index contributed by atoms with van der Waals surface area (Å²) in [4.78, 5) is 11.7. The van der Waals surface area contributed by atoms with Gasteiger partial charge in [-0.3, -0.25) is 4.79 Å². The molecule has 0 bridgehead atoms. The molecule has 5 N–H and O–H groups in total. The number of hydrogen-bond donors (Lipinski definition) is 4. The molecule has 1 spiro atoms. The van der Waals surface area contributed by atoms with Gasteiger partial charge in [-0.15, -0.1) is 12.6 Å². The van der Waals surface area contributed by atoms with Crippen molar-refractivity contribution in [3.8, 4) is 6.07 Å². The van der Waals surface area contributed by atoms with E-state index in [4.69, 9.17) is 11.5 Å². The zero-order chi connectivity index (χ0) is 13.3. The van der Waals surface area contributed by atoms with Crippen molar-refractivity contribution in [2.24, 2.45) is 16.9 Å². The topological polar surface area (TPSA) is 105 Å². The van der Waals surface area contributed by atoms with E-state index in [1.54, 1.807) is 0 Å². The van der Waals surface area contributed by atoms with Gasteiger partial charge in [-0.05, 0) is 12.8 Å². The fourth-order valence-corrected chi connectivity index (χ4v) is 3.48. The van der Waals surface area contributed by atoms with Gasteiger partial charge in [0.1, 0.15) is 5.82 Å². The molecule has 0 unspecified atom stereocenters. The Labute approximate surface area is 111 Å². The smallest absolute Gasteiger partial charge is 0.248 e. The third-order valence-electron chi connectivity index (χ3n) is 3.78. The average Bonchev–Trinajstić information content (AvgIpc) is 2.29. The SMILES string of the molecule is N#CC1=C(N)NC(S)=C(C(N)=O)C12CCCCC2. The third kappa shape index (κ3) is 1.75. The molecule has 0 atom stereocenters. The van der Waals surface area contributed by atoms with Crippen LogP contribution < -0.4 is 16.8 Å². The molecule has 6 heteroatoms. The summed E-state index contributed by atoms with van der Waals surface area (Å²) in [7, 11) is 0. The van der Waals surface area contributed by atoms with Crippen LogP contribution in [0.3, 0.4) is 0 Å². The van der Waals surface area contributed by atoms with Crippen molar-refractivity contribution in [2.75, 3.05) is 0 Å². The number of hydrogen-bond acceptors (Lipinski definition) is 5. The van der Waals surface area contributed by atoms with Crippen LogP contribution in [0.5, 0.6) is 0 Å². The molecule has 0 radical (unpaired) electrons. The van der Waals surface area contributed by atoms with Crippen LogP contribution in [0.2, 0.25) is 0 Å². The highest BCUT2D eigenvalue weighted by atomic mass is 32.1. The first kappa shape index (κ1) is 12.8. The lowest BCUT2D eigenvalue weighted by molar-refractivity contribution is -0.115. The van der Waals surface area contributed by atoms with Crippen molar-refractivity contribution in [3.63, 3.8) is 0 Å². The number of nitriles is 1. The number of primary amides is 1. The molecular weight excluding hydrogens is 248 g/mol. The second kappa shape index (κ2) is 4.58. The van der Waals surface area contributed by atoms with Gasteiger partial charge in [0.25, 0.3) is 0 Å². The summed E-state index contributed by atoms with van der Waals surface area (Å²) >= 11 is 4.26. The quantitative estimate of drug-likeness (QED) is 0.527. The molecule has 2 aliphatic rings. The van der Waals surface area contributed by atoms with Crippen molar-refractivity contribution in [1.29, 1.82) is 5.26 Å². The van der Waals surface area contributed by atoms with Crippen LogP contribution in [0.25, 0.3) is 0 Å². The Hall–Kier alpha value is -1.61. The maximum atomic E-state index is 11.7. The average molecular weight is 264 g/mol. The van der Waals surface area contributed by atoms with E-state index in [1.165, 1.54) is 0 Å². The number of thiol groups is 1. The summed E-state index contributed by atoms with van der Waals surface area (Å²) in [6, 6.07) is 2.14. The van der Waals surface area contributed by atoms with Gasteiger partial charge < -0.3 is 16.8 Å². The highest BCUT2D eigenvalue weighted by Crippen LogP contribution is 2.51.